The maximum atomic E-state index is 14.4. The summed E-state index contributed by atoms with van der Waals surface area (Å²) in [5, 5.41) is 8.45. The van der Waals surface area contributed by atoms with Crippen LogP contribution in [0.25, 0.3) is 0 Å². The molecule has 0 saturated heterocycles. The second-order valence-corrected chi connectivity index (χ2v) is 11.2. The summed E-state index contributed by atoms with van der Waals surface area (Å²) in [6, 6.07) is 10.7. The van der Waals surface area contributed by atoms with Crippen molar-refractivity contribution in [2.45, 2.75) is 44.5 Å². The molecule has 0 fully saturated rings. The standard InChI is InChI=1S/C29H28ClF7N4O2S/c1-15-11-17(13-39-23-10-8-18(12-21(23)38)27(31,28(32,33)34)29(35,36)37)7-9-22(15)41-25(42)19-5-4-6-20(30)24(19)26(43)40-16(2)14-44-3/h4-12,16,39H,13-14,38H2,1-3H3,(H,40,43)(H,41,42)/t16-/m0/s1. The van der Waals surface area contributed by atoms with E-state index in [1.807, 2.05) is 13.2 Å². The molecule has 5 N–H and O–H groups in total. The zero-order valence-corrected chi connectivity index (χ0v) is 25.1. The number of rotatable bonds is 10. The van der Waals surface area contributed by atoms with Gasteiger partial charge in [0, 0.05) is 29.6 Å². The molecular formula is C29H28ClF7N4O2S. The SMILES string of the molecule is CSC[C@H](C)NC(=O)c1c(Cl)cccc1C(=O)Nc1ccc(CNc2ccc(C(F)(C(F)(F)F)C(F)(F)F)cc2N)cc1C. The number of nitrogens with one attached hydrogen (secondary N) is 3. The average molecular weight is 665 g/mol. The van der Waals surface area contributed by atoms with Crippen molar-refractivity contribution in [1.82, 2.24) is 5.32 Å². The number of aryl methyl sites for hydroxylation is 1. The number of carbonyl (C=O) groups is 2. The number of carbonyl (C=O) groups excluding carboxylic acids is 2. The molecule has 0 aliphatic heterocycles. The molecule has 0 spiro atoms. The molecule has 0 heterocycles. The molecule has 0 radical (unpaired) electrons. The molecule has 3 aromatic rings. The molecule has 0 unspecified atom stereocenters. The number of nitrogen functional groups attached to an aromatic ring is 1. The van der Waals surface area contributed by atoms with Gasteiger partial charge in [-0.05, 0) is 61.6 Å². The van der Waals surface area contributed by atoms with Crippen molar-refractivity contribution in [3.63, 3.8) is 0 Å². The fraction of sp³-hybridized carbons (Fsp3) is 0.310. The molecule has 0 aliphatic carbocycles. The van der Waals surface area contributed by atoms with E-state index in [2.05, 4.69) is 16.0 Å². The van der Waals surface area contributed by atoms with Gasteiger partial charge in [0.05, 0.1) is 27.5 Å². The number of anilines is 3. The summed E-state index contributed by atoms with van der Waals surface area (Å²) in [7, 11) is 0. The second-order valence-electron chi connectivity index (χ2n) is 9.91. The minimum atomic E-state index is -6.26. The Morgan fingerprint density at radius 1 is 0.932 bits per heavy atom. The average Bonchev–Trinajstić information content (AvgIpc) is 2.91. The third-order valence-electron chi connectivity index (χ3n) is 6.53. The lowest BCUT2D eigenvalue weighted by molar-refractivity contribution is -0.348. The maximum absolute atomic E-state index is 14.4. The van der Waals surface area contributed by atoms with E-state index in [9.17, 15) is 40.3 Å². The van der Waals surface area contributed by atoms with Crippen LogP contribution >= 0.6 is 23.4 Å². The number of hydrogen-bond acceptors (Lipinski definition) is 5. The van der Waals surface area contributed by atoms with Crippen molar-refractivity contribution >= 4 is 52.2 Å². The quantitative estimate of drug-likeness (QED) is 0.131. The monoisotopic (exact) mass is 664 g/mol. The van der Waals surface area contributed by atoms with Crippen LogP contribution in [0, 0.1) is 6.92 Å². The van der Waals surface area contributed by atoms with Crippen LogP contribution in [0.3, 0.4) is 0 Å². The first-order valence-corrected chi connectivity index (χ1v) is 14.6. The highest BCUT2D eigenvalue weighted by atomic mass is 35.5. The van der Waals surface area contributed by atoms with Gasteiger partial charge in [0.15, 0.2) is 0 Å². The van der Waals surface area contributed by atoms with Crippen LogP contribution in [-0.4, -0.2) is 42.2 Å². The molecule has 0 aromatic heterocycles. The van der Waals surface area contributed by atoms with Crippen molar-refractivity contribution in [3.8, 4) is 0 Å². The molecule has 3 rings (SSSR count). The van der Waals surface area contributed by atoms with Gasteiger partial charge in [-0.15, -0.1) is 0 Å². The third kappa shape index (κ3) is 7.52. The molecule has 44 heavy (non-hydrogen) atoms. The zero-order chi connectivity index (χ0) is 33.0. The van der Waals surface area contributed by atoms with Crippen molar-refractivity contribution < 1.29 is 40.3 Å². The molecule has 2 amide bonds. The van der Waals surface area contributed by atoms with Crippen LogP contribution in [-0.2, 0) is 12.2 Å². The number of hydrogen-bond donors (Lipinski definition) is 4. The number of nitrogens with two attached hydrogens (primary N) is 1. The van der Waals surface area contributed by atoms with Crippen molar-refractivity contribution in [2.75, 3.05) is 28.4 Å². The summed E-state index contributed by atoms with van der Waals surface area (Å²) in [5.74, 6) is -0.426. The fourth-order valence-electron chi connectivity index (χ4n) is 4.32. The molecule has 0 saturated carbocycles. The Morgan fingerprint density at radius 3 is 2.14 bits per heavy atom. The van der Waals surface area contributed by atoms with Crippen molar-refractivity contribution in [2.24, 2.45) is 0 Å². The minimum Gasteiger partial charge on any atom is -0.397 e. The van der Waals surface area contributed by atoms with Crippen LogP contribution in [0.1, 0.15) is 44.3 Å². The lowest BCUT2D eigenvalue weighted by Gasteiger charge is -2.30. The summed E-state index contributed by atoms with van der Waals surface area (Å²) in [5.41, 5.74) is -0.457. The van der Waals surface area contributed by atoms with Crippen molar-refractivity contribution in [3.05, 3.63) is 87.4 Å². The molecule has 0 aliphatic rings. The summed E-state index contributed by atoms with van der Waals surface area (Å²) in [4.78, 5) is 26.1. The Balaban J connectivity index is 1.75. The largest absolute Gasteiger partial charge is 0.435 e. The normalized spacial score (nSPS) is 12.9. The topological polar surface area (TPSA) is 96.2 Å². The number of halogens is 8. The molecule has 15 heteroatoms. The van der Waals surface area contributed by atoms with E-state index in [1.54, 1.807) is 43.0 Å². The second kappa shape index (κ2) is 13.6. The van der Waals surface area contributed by atoms with Gasteiger partial charge in [-0.25, -0.2) is 4.39 Å². The van der Waals surface area contributed by atoms with Gasteiger partial charge in [-0.3, -0.25) is 9.59 Å². The van der Waals surface area contributed by atoms with E-state index >= 15 is 0 Å². The molecule has 1 atom stereocenters. The highest BCUT2D eigenvalue weighted by Crippen LogP contribution is 2.53. The lowest BCUT2D eigenvalue weighted by atomic mass is 9.93. The molecule has 0 bridgehead atoms. The van der Waals surface area contributed by atoms with E-state index in [1.165, 1.54) is 12.1 Å². The smallest absolute Gasteiger partial charge is 0.397 e. The van der Waals surface area contributed by atoms with Gasteiger partial charge in [0.1, 0.15) is 0 Å². The molecule has 238 valence electrons. The van der Waals surface area contributed by atoms with Crippen molar-refractivity contribution in [1.29, 1.82) is 0 Å². The number of benzene rings is 3. The van der Waals surface area contributed by atoms with E-state index in [4.69, 9.17) is 17.3 Å². The van der Waals surface area contributed by atoms with Crippen LogP contribution < -0.4 is 21.7 Å². The molecule has 6 nitrogen and oxygen atoms in total. The highest BCUT2D eigenvalue weighted by Gasteiger charge is 2.73. The van der Waals surface area contributed by atoms with E-state index < -0.39 is 41.1 Å². The van der Waals surface area contributed by atoms with Gasteiger partial charge >= 0.3 is 18.0 Å². The third-order valence-corrected chi connectivity index (χ3v) is 7.68. The Kier molecular flexibility index (Phi) is 10.7. The van der Waals surface area contributed by atoms with Crippen LogP contribution in [0.4, 0.5) is 47.8 Å². The fourth-order valence-corrected chi connectivity index (χ4v) is 5.16. The van der Waals surface area contributed by atoms with E-state index in [0.29, 0.717) is 34.7 Å². The molecular weight excluding hydrogens is 637 g/mol. The van der Waals surface area contributed by atoms with Gasteiger partial charge in [0.2, 0.25) is 0 Å². The summed E-state index contributed by atoms with van der Waals surface area (Å²) < 4.78 is 92.8. The van der Waals surface area contributed by atoms with Crippen LogP contribution in [0.5, 0.6) is 0 Å². The summed E-state index contributed by atoms with van der Waals surface area (Å²) in [6.07, 6.45) is -10.6. The van der Waals surface area contributed by atoms with E-state index in [0.717, 1.165) is 6.07 Å². The number of thioether (sulfide) groups is 1. The first-order chi connectivity index (χ1) is 20.4. The van der Waals surface area contributed by atoms with Gasteiger partial charge < -0.3 is 21.7 Å². The Bertz CT molecular complexity index is 1520. The maximum Gasteiger partial charge on any atom is 0.435 e. The van der Waals surface area contributed by atoms with Crippen LogP contribution in [0.2, 0.25) is 5.02 Å². The Morgan fingerprint density at radius 2 is 1.57 bits per heavy atom. The van der Waals surface area contributed by atoms with Gasteiger partial charge in [-0.2, -0.15) is 38.1 Å². The summed E-state index contributed by atoms with van der Waals surface area (Å²) >= 11 is 7.82. The first-order valence-electron chi connectivity index (χ1n) is 12.9. The minimum absolute atomic E-state index is 0.0194. The molecule has 3 aromatic carbocycles. The van der Waals surface area contributed by atoms with E-state index in [-0.39, 0.29) is 34.4 Å². The van der Waals surface area contributed by atoms with Gasteiger partial charge in [0.25, 0.3) is 11.8 Å². The lowest BCUT2D eigenvalue weighted by Crippen LogP contribution is -2.50. The summed E-state index contributed by atoms with van der Waals surface area (Å²) in [6.45, 7) is 3.54. The first kappa shape index (κ1) is 34.8. The van der Waals surface area contributed by atoms with Crippen LogP contribution in [0.15, 0.2) is 54.6 Å². The number of alkyl halides is 7. The number of amides is 2. The zero-order valence-electron chi connectivity index (χ0n) is 23.5. The Hall–Kier alpha value is -3.65. The predicted octanol–water partition coefficient (Wildman–Crippen LogP) is 7.87. The predicted molar refractivity (Wildman–Crippen MR) is 159 cm³/mol. The van der Waals surface area contributed by atoms with Gasteiger partial charge in [-0.1, -0.05) is 35.9 Å². The highest BCUT2D eigenvalue weighted by molar-refractivity contribution is 7.98. The Labute approximate surface area is 257 Å².